The molecule has 0 atom stereocenters. The number of carboxylic acids is 1. The first-order valence-corrected chi connectivity index (χ1v) is 7.23. The average molecular weight is 334 g/mol. The van der Waals surface area contributed by atoms with Gasteiger partial charge in [0.15, 0.2) is 11.5 Å². The van der Waals surface area contributed by atoms with Crippen molar-refractivity contribution >= 4 is 24.0 Å². The highest BCUT2D eigenvalue weighted by Crippen LogP contribution is 2.30. The third-order valence-electron chi connectivity index (χ3n) is 3.12. The number of carbonyl (C=O) groups excluding carboxylic acids is 2. The van der Waals surface area contributed by atoms with Gasteiger partial charge >= 0.3 is 12.0 Å². The minimum absolute atomic E-state index is 0.000769. The number of nitrogens with zero attached hydrogens (tertiary/aromatic N) is 1. The Bertz CT molecular complexity index is 711. The van der Waals surface area contributed by atoms with Crippen LogP contribution in [0.15, 0.2) is 23.9 Å². The molecule has 8 nitrogen and oxygen atoms in total. The van der Waals surface area contributed by atoms with Crippen LogP contribution in [0.1, 0.15) is 19.4 Å². The number of amides is 3. The zero-order valence-corrected chi connectivity index (χ0v) is 13.5. The highest BCUT2D eigenvalue weighted by molar-refractivity contribution is 6.15. The Morgan fingerprint density at radius 1 is 1.33 bits per heavy atom. The molecule has 0 aliphatic carbocycles. The van der Waals surface area contributed by atoms with E-state index < -0.39 is 24.5 Å². The average Bonchev–Trinajstić information content (AvgIpc) is 2.75. The van der Waals surface area contributed by atoms with Crippen molar-refractivity contribution in [1.82, 2.24) is 10.2 Å². The van der Waals surface area contributed by atoms with Crippen LogP contribution in [0.4, 0.5) is 4.79 Å². The lowest BCUT2D eigenvalue weighted by Crippen LogP contribution is -2.35. The van der Waals surface area contributed by atoms with E-state index >= 15 is 0 Å². The molecule has 2 N–H and O–H groups in total. The van der Waals surface area contributed by atoms with Gasteiger partial charge < -0.3 is 19.9 Å². The second-order valence-corrected chi connectivity index (χ2v) is 5.35. The van der Waals surface area contributed by atoms with Gasteiger partial charge in [0.25, 0.3) is 5.91 Å². The van der Waals surface area contributed by atoms with Crippen LogP contribution in [0.5, 0.6) is 11.5 Å². The van der Waals surface area contributed by atoms with E-state index in [4.69, 9.17) is 14.6 Å². The first-order valence-electron chi connectivity index (χ1n) is 7.23. The van der Waals surface area contributed by atoms with Gasteiger partial charge in [0.05, 0.1) is 13.2 Å². The number of carbonyl (C=O) groups is 3. The minimum atomic E-state index is -1.27. The smallest absolute Gasteiger partial charge is 0.329 e. The molecule has 1 fully saturated rings. The third kappa shape index (κ3) is 3.83. The Hall–Kier alpha value is -3.03. The van der Waals surface area contributed by atoms with Crippen molar-refractivity contribution in [2.45, 2.75) is 20.0 Å². The summed E-state index contributed by atoms with van der Waals surface area (Å²) in [7, 11) is 1.50. The maximum atomic E-state index is 12.1. The molecule has 1 aromatic carbocycles. The van der Waals surface area contributed by atoms with Gasteiger partial charge in [-0.3, -0.25) is 9.59 Å². The quantitative estimate of drug-likeness (QED) is 0.603. The molecule has 24 heavy (non-hydrogen) atoms. The molecule has 0 bridgehead atoms. The third-order valence-corrected chi connectivity index (χ3v) is 3.12. The standard InChI is InChI=1S/C16H18N2O6/c1-9(2)24-12-5-4-10(7-13(12)23-3)6-11-15(21)18(8-14(19)20)16(22)17-11/h4-7,9H,8H2,1-3H3,(H,17,22)(H,19,20)/b11-6+. The van der Waals surface area contributed by atoms with Gasteiger partial charge in [0, 0.05) is 0 Å². The van der Waals surface area contributed by atoms with Crippen molar-refractivity contribution in [2.24, 2.45) is 0 Å². The molecule has 128 valence electrons. The number of hydrogen-bond acceptors (Lipinski definition) is 5. The van der Waals surface area contributed by atoms with Crippen molar-refractivity contribution < 1.29 is 29.0 Å². The number of aliphatic carboxylic acids is 1. The molecule has 1 saturated heterocycles. The molecule has 0 unspecified atom stereocenters. The fourth-order valence-corrected chi connectivity index (χ4v) is 2.14. The number of imide groups is 1. The largest absolute Gasteiger partial charge is 0.493 e. The second-order valence-electron chi connectivity index (χ2n) is 5.35. The molecular weight excluding hydrogens is 316 g/mol. The molecule has 2 rings (SSSR count). The summed E-state index contributed by atoms with van der Waals surface area (Å²) in [5, 5.41) is 11.1. The van der Waals surface area contributed by atoms with Crippen LogP contribution in [0, 0.1) is 0 Å². The van der Waals surface area contributed by atoms with Gasteiger partial charge in [-0.1, -0.05) is 6.07 Å². The fourth-order valence-electron chi connectivity index (χ4n) is 2.14. The van der Waals surface area contributed by atoms with E-state index in [0.29, 0.717) is 22.0 Å². The van der Waals surface area contributed by atoms with E-state index in [1.165, 1.54) is 13.2 Å². The summed E-state index contributed by atoms with van der Waals surface area (Å²) in [5.74, 6) is -0.915. The summed E-state index contributed by atoms with van der Waals surface area (Å²) in [6.07, 6.45) is 1.42. The van der Waals surface area contributed by atoms with Crippen molar-refractivity contribution in [3.63, 3.8) is 0 Å². The molecule has 8 heteroatoms. The molecule has 0 aromatic heterocycles. The molecule has 0 spiro atoms. The first-order chi connectivity index (χ1) is 11.3. The van der Waals surface area contributed by atoms with Gasteiger partial charge in [0.1, 0.15) is 12.2 Å². The molecule has 1 aliphatic rings. The van der Waals surface area contributed by atoms with Gasteiger partial charge in [0.2, 0.25) is 0 Å². The van der Waals surface area contributed by atoms with Crippen LogP contribution in [-0.4, -0.2) is 47.7 Å². The van der Waals surface area contributed by atoms with Gasteiger partial charge in [-0.2, -0.15) is 0 Å². The predicted molar refractivity (Wildman–Crippen MR) is 84.6 cm³/mol. The number of carboxylic acid groups (broad SMARTS) is 1. The Balaban J connectivity index is 2.26. The number of nitrogens with one attached hydrogen (secondary N) is 1. The number of methoxy groups -OCH3 is 1. The van der Waals surface area contributed by atoms with Crippen LogP contribution in [0.2, 0.25) is 0 Å². The summed E-state index contributed by atoms with van der Waals surface area (Å²) in [5.41, 5.74) is 0.601. The van der Waals surface area contributed by atoms with Crippen molar-refractivity contribution in [1.29, 1.82) is 0 Å². The van der Waals surface area contributed by atoms with Crippen molar-refractivity contribution in [3.8, 4) is 11.5 Å². The van der Waals surface area contributed by atoms with Gasteiger partial charge in [-0.05, 0) is 37.6 Å². The monoisotopic (exact) mass is 334 g/mol. The molecule has 1 aliphatic heterocycles. The van der Waals surface area contributed by atoms with Crippen LogP contribution < -0.4 is 14.8 Å². The maximum Gasteiger partial charge on any atom is 0.329 e. The topological polar surface area (TPSA) is 105 Å². The number of rotatable bonds is 6. The van der Waals surface area contributed by atoms with Crippen molar-refractivity contribution in [3.05, 3.63) is 29.5 Å². The predicted octanol–water partition coefficient (Wildman–Crippen LogP) is 1.46. The number of urea groups is 1. The minimum Gasteiger partial charge on any atom is -0.493 e. The molecule has 0 radical (unpaired) electrons. The molecule has 1 aromatic rings. The van der Waals surface area contributed by atoms with E-state index in [2.05, 4.69) is 5.32 Å². The van der Waals surface area contributed by atoms with E-state index in [9.17, 15) is 14.4 Å². The number of hydrogen-bond donors (Lipinski definition) is 2. The zero-order valence-electron chi connectivity index (χ0n) is 13.5. The zero-order chi connectivity index (χ0) is 17.9. The summed E-state index contributed by atoms with van der Waals surface area (Å²) in [6, 6.07) is 4.29. The van der Waals surface area contributed by atoms with Crippen LogP contribution in [-0.2, 0) is 9.59 Å². The lowest BCUT2D eigenvalue weighted by Gasteiger charge is -2.13. The Labute approximate surface area is 138 Å². The van der Waals surface area contributed by atoms with Gasteiger partial charge in [-0.15, -0.1) is 0 Å². The van der Waals surface area contributed by atoms with E-state index in [0.717, 1.165) is 0 Å². The molecule has 1 heterocycles. The Morgan fingerprint density at radius 2 is 2.04 bits per heavy atom. The lowest BCUT2D eigenvalue weighted by atomic mass is 10.1. The van der Waals surface area contributed by atoms with Crippen LogP contribution in [0.25, 0.3) is 6.08 Å². The Morgan fingerprint density at radius 3 is 2.62 bits per heavy atom. The number of benzene rings is 1. The Kier molecular flexibility index (Phi) is 5.08. The van der Waals surface area contributed by atoms with Gasteiger partial charge in [-0.25, -0.2) is 9.69 Å². The fraction of sp³-hybridized carbons (Fsp3) is 0.312. The SMILES string of the molecule is COc1cc(/C=C2/NC(=O)N(CC(=O)O)C2=O)ccc1OC(C)C. The highest BCUT2D eigenvalue weighted by atomic mass is 16.5. The number of ether oxygens (including phenoxy) is 2. The van der Waals surface area contributed by atoms with Crippen molar-refractivity contribution in [2.75, 3.05) is 13.7 Å². The first kappa shape index (κ1) is 17.3. The maximum absolute atomic E-state index is 12.1. The molecule has 3 amide bonds. The van der Waals surface area contributed by atoms with E-state index in [1.54, 1.807) is 18.2 Å². The highest BCUT2D eigenvalue weighted by Gasteiger charge is 2.34. The normalized spacial score (nSPS) is 15.8. The summed E-state index contributed by atoms with van der Waals surface area (Å²) < 4.78 is 10.9. The second kappa shape index (κ2) is 7.03. The van der Waals surface area contributed by atoms with Crippen LogP contribution in [0.3, 0.4) is 0 Å². The lowest BCUT2D eigenvalue weighted by molar-refractivity contribution is -0.140. The summed E-state index contributed by atoms with van der Waals surface area (Å²) in [6.45, 7) is 3.09. The molecular formula is C16H18N2O6. The molecule has 0 saturated carbocycles. The summed E-state index contributed by atoms with van der Waals surface area (Å²) in [4.78, 5) is 35.1. The van der Waals surface area contributed by atoms with Crippen LogP contribution >= 0.6 is 0 Å². The van der Waals surface area contributed by atoms with E-state index in [1.807, 2.05) is 13.8 Å². The van der Waals surface area contributed by atoms with E-state index in [-0.39, 0.29) is 11.8 Å². The summed E-state index contributed by atoms with van der Waals surface area (Å²) >= 11 is 0.